The number of carbonyl (C=O) groups is 1. The van der Waals surface area contributed by atoms with E-state index in [9.17, 15) is 4.79 Å². The lowest BCUT2D eigenvalue weighted by atomic mass is 10.1. The minimum atomic E-state index is -0.0346. The van der Waals surface area contributed by atoms with Crippen LogP contribution in [0.5, 0.6) is 11.5 Å². The molecule has 5 nitrogen and oxygen atoms in total. The summed E-state index contributed by atoms with van der Waals surface area (Å²) in [6, 6.07) is 11.3. The molecule has 0 aliphatic carbocycles. The maximum Gasteiger partial charge on any atom is 0.266 e. The minimum absolute atomic E-state index is 0.0346. The molecular formula is C23H24BrClN2O3S. The standard InChI is InChI=1S/C23H24BrClN2O3S/c1-4-26-23-27(5-2)22(28)21(31-23)12-16-11-19(29-6-3)20(13-18(16)24)30-14-15-7-9-17(25)10-8-15/h7-13H,4-6,14H2,1-3H3/b21-12-,26-23?. The van der Waals surface area contributed by atoms with Gasteiger partial charge in [-0.2, -0.15) is 0 Å². The molecule has 3 rings (SSSR count). The first kappa shape index (κ1) is 23.7. The Labute approximate surface area is 200 Å². The van der Waals surface area contributed by atoms with E-state index in [0.717, 1.165) is 20.8 Å². The topological polar surface area (TPSA) is 51.1 Å². The van der Waals surface area contributed by atoms with E-state index in [-0.39, 0.29) is 5.91 Å². The monoisotopic (exact) mass is 522 g/mol. The minimum Gasteiger partial charge on any atom is -0.490 e. The summed E-state index contributed by atoms with van der Waals surface area (Å²) in [4.78, 5) is 19.5. The molecule has 0 atom stereocenters. The number of benzene rings is 2. The van der Waals surface area contributed by atoms with Gasteiger partial charge in [-0.3, -0.25) is 14.7 Å². The molecule has 1 amide bonds. The first-order chi connectivity index (χ1) is 15.0. The highest BCUT2D eigenvalue weighted by Crippen LogP contribution is 2.38. The number of amides is 1. The van der Waals surface area contributed by atoms with Gasteiger partial charge in [0.05, 0.1) is 11.5 Å². The van der Waals surface area contributed by atoms with Crippen LogP contribution in [0.2, 0.25) is 5.02 Å². The summed E-state index contributed by atoms with van der Waals surface area (Å²) in [5.41, 5.74) is 1.84. The van der Waals surface area contributed by atoms with Gasteiger partial charge in [-0.25, -0.2) is 0 Å². The number of halogens is 2. The molecule has 1 heterocycles. The Morgan fingerprint density at radius 1 is 1.13 bits per heavy atom. The van der Waals surface area contributed by atoms with Crippen LogP contribution in [-0.2, 0) is 11.4 Å². The number of thioether (sulfide) groups is 1. The third-order valence-corrected chi connectivity index (χ3v) is 6.44. The number of ether oxygens (including phenoxy) is 2. The summed E-state index contributed by atoms with van der Waals surface area (Å²) < 4.78 is 12.6. The highest BCUT2D eigenvalue weighted by atomic mass is 79.9. The number of amidine groups is 1. The first-order valence-corrected chi connectivity index (χ1v) is 12.0. The fraction of sp³-hybridized carbons (Fsp3) is 0.304. The molecule has 0 radical (unpaired) electrons. The second-order valence-corrected chi connectivity index (χ2v) is 8.89. The van der Waals surface area contributed by atoms with Crippen molar-refractivity contribution in [3.63, 3.8) is 0 Å². The molecular weight excluding hydrogens is 500 g/mol. The summed E-state index contributed by atoms with van der Waals surface area (Å²) in [6.07, 6.45) is 1.86. The van der Waals surface area contributed by atoms with E-state index < -0.39 is 0 Å². The predicted octanol–water partition coefficient (Wildman–Crippen LogP) is 6.39. The molecule has 1 saturated heterocycles. The molecule has 0 N–H and O–H groups in total. The highest BCUT2D eigenvalue weighted by Gasteiger charge is 2.32. The summed E-state index contributed by atoms with van der Waals surface area (Å²) in [5.74, 6) is 1.21. The van der Waals surface area contributed by atoms with Crippen molar-refractivity contribution < 1.29 is 14.3 Å². The van der Waals surface area contributed by atoms with Crippen molar-refractivity contribution in [3.8, 4) is 11.5 Å². The summed E-state index contributed by atoms with van der Waals surface area (Å²) in [5, 5.41) is 1.43. The smallest absolute Gasteiger partial charge is 0.266 e. The Morgan fingerprint density at radius 3 is 2.48 bits per heavy atom. The van der Waals surface area contributed by atoms with Gasteiger partial charge < -0.3 is 9.47 Å². The lowest BCUT2D eigenvalue weighted by Gasteiger charge is -2.14. The van der Waals surface area contributed by atoms with Gasteiger partial charge in [0, 0.05) is 22.6 Å². The van der Waals surface area contributed by atoms with Crippen LogP contribution in [0.3, 0.4) is 0 Å². The number of aliphatic imine (C=N–C) groups is 1. The Hall–Kier alpha value is -1.96. The van der Waals surface area contributed by atoms with Crippen LogP contribution in [0.15, 0.2) is 50.8 Å². The van der Waals surface area contributed by atoms with Crippen LogP contribution in [0.25, 0.3) is 6.08 Å². The molecule has 8 heteroatoms. The van der Waals surface area contributed by atoms with Crippen molar-refractivity contribution >= 4 is 56.4 Å². The van der Waals surface area contributed by atoms with Crippen molar-refractivity contribution in [2.45, 2.75) is 27.4 Å². The molecule has 2 aromatic carbocycles. The fourth-order valence-electron chi connectivity index (χ4n) is 2.97. The van der Waals surface area contributed by atoms with E-state index in [1.54, 1.807) is 4.90 Å². The molecule has 0 spiro atoms. The third-order valence-electron chi connectivity index (χ3n) is 4.45. The van der Waals surface area contributed by atoms with Gasteiger partial charge in [0.1, 0.15) is 6.61 Å². The Kier molecular flexibility index (Phi) is 8.46. The maximum atomic E-state index is 12.8. The van der Waals surface area contributed by atoms with Crippen LogP contribution in [0.1, 0.15) is 31.9 Å². The fourth-order valence-corrected chi connectivity index (χ4v) is 4.62. The van der Waals surface area contributed by atoms with Gasteiger partial charge >= 0.3 is 0 Å². The van der Waals surface area contributed by atoms with Crippen molar-refractivity contribution in [2.24, 2.45) is 4.99 Å². The molecule has 31 heavy (non-hydrogen) atoms. The van der Waals surface area contributed by atoms with Crippen molar-refractivity contribution in [1.29, 1.82) is 0 Å². The maximum absolute atomic E-state index is 12.8. The quantitative estimate of drug-likeness (QED) is 0.376. The van der Waals surface area contributed by atoms with Crippen molar-refractivity contribution in [1.82, 2.24) is 4.90 Å². The average molecular weight is 524 g/mol. The van der Waals surface area contributed by atoms with E-state index in [0.29, 0.717) is 47.7 Å². The zero-order chi connectivity index (χ0) is 22.4. The first-order valence-electron chi connectivity index (χ1n) is 10.1. The van der Waals surface area contributed by atoms with E-state index in [1.807, 2.05) is 63.2 Å². The SMILES string of the molecule is CCN=C1S/C(=C\c2cc(OCC)c(OCc3ccc(Cl)cc3)cc2Br)C(=O)N1CC. The second kappa shape index (κ2) is 11.1. The summed E-state index contributed by atoms with van der Waals surface area (Å²) in [7, 11) is 0. The molecule has 1 aliphatic heterocycles. The molecule has 1 aliphatic rings. The molecule has 164 valence electrons. The number of nitrogens with zero attached hydrogens (tertiary/aromatic N) is 2. The van der Waals surface area contributed by atoms with E-state index in [1.165, 1.54) is 11.8 Å². The van der Waals surface area contributed by atoms with E-state index in [4.69, 9.17) is 21.1 Å². The number of rotatable bonds is 8. The third kappa shape index (κ3) is 5.84. The number of likely N-dealkylation sites (N-methyl/N-ethyl adjacent to an activating group) is 1. The number of hydrogen-bond donors (Lipinski definition) is 0. The van der Waals surface area contributed by atoms with Gasteiger partial charge in [-0.15, -0.1) is 0 Å². The van der Waals surface area contributed by atoms with Gasteiger partial charge in [0.15, 0.2) is 16.7 Å². The van der Waals surface area contributed by atoms with Crippen LogP contribution in [-0.4, -0.2) is 35.7 Å². The summed E-state index contributed by atoms with van der Waals surface area (Å²) in [6.45, 7) is 7.94. The second-order valence-electron chi connectivity index (χ2n) is 6.59. The lowest BCUT2D eigenvalue weighted by molar-refractivity contribution is -0.122. The van der Waals surface area contributed by atoms with Crippen molar-refractivity contribution in [3.05, 3.63) is 61.9 Å². The van der Waals surface area contributed by atoms with Crippen molar-refractivity contribution in [2.75, 3.05) is 19.7 Å². The largest absolute Gasteiger partial charge is 0.490 e. The Balaban J connectivity index is 1.87. The van der Waals surface area contributed by atoms with Gasteiger partial charge in [0.2, 0.25) is 0 Å². The molecule has 0 saturated carbocycles. The van der Waals surface area contributed by atoms with Crippen LogP contribution in [0.4, 0.5) is 0 Å². The zero-order valence-corrected chi connectivity index (χ0v) is 20.8. The van der Waals surface area contributed by atoms with E-state index in [2.05, 4.69) is 20.9 Å². The molecule has 0 aromatic heterocycles. The highest BCUT2D eigenvalue weighted by molar-refractivity contribution is 9.10. The van der Waals surface area contributed by atoms with Crippen LogP contribution >= 0.6 is 39.3 Å². The number of carbonyl (C=O) groups excluding carboxylic acids is 1. The normalized spacial score (nSPS) is 16.4. The van der Waals surface area contributed by atoms with Gasteiger partial charge in [-0.1, -0.05) is 39.7 Å². The molecule has 0 bridgehead atoms. The van der Waals surface area contributed by atoms with Crippen LogP contribution < -0.4 is 9.47 Å². The Morgan fingerprint density at radius 2 is 1.84 bits per heavy atom. The average Bonchev–Trinajstić information content (AvgIpc) is 3.05. The van der Waals surface area contributed by atoms with Gasteiger partial charge in [-0.05, 0) is 74.0 Å². The molecule has 2 aromatic rings. The summed E-state index contributed by atoms with van der Waals surface area (Å²) >= 11 is 11.0. The number of hydrogen-bond acceptors (Lipinski definition) is 5. The van der Waals surface area contributed by atoms with Crippen LogP contribution in [0, 0.1) is 0 Å². The zero-order valence-electron chi connectivity index (χ0n) is 17.7. The predicted molar refractivity (Wildman–Crippen MR) is 132 cm³/mol. The van der Waals surface area contributed by atoms with Gasteiger partial charge in [0.25, 0.3) is 5.91 Å². The van der Waals surface area contributed by atoms with E-state index >= 15 is 0 Å². The lowest BCUT2D eigenvalue weighted by Crippen LogP contribution is -2.28. The Bertz CT molecular complexity index is 1010. The molecule has 1 fully saturated rings. The molecule has 0 unspecified atom stereocenters.